The molecule has 0 aliphatic rings. The molecule has 0 unspecified atom stereocenters. The molecule has 0 saturated heterocycles. The van der Waals surface area contributed by atoms with Crippen molar-refractivity contribution in [3.63, 3.8) is 0 Å². The number of aryl methyl sites for hydroxylation is 2. The van der Waals surface area contributed by atoms with Crippen molar-refractivity contribution in [1.82, 2.24) is 0 Å². The Morgan fingerprint density at radius 3 is 2.25 bits per heavy atom. The number of nitrogens with one attached hydrogen (secondary N) is 1. The van der Waals surface area contributed by atoms with Gasteiger partial charge in [-0.2, -0.15) is 13.2 Å². The molecule has 0 fully saturated rings. The zero-order valence-corrected chi connectivity index (χ0v) is 11.2. The lowest BCUT2D eigenvalue weighted by atomic mass is 10.1. The molecule has 2 nitrogen and oxygen atoms in total. The van der Waals surface area contributed by atoms with E-state index in [1.807, 2.05) is 13.0 Å². The van der Waals surface area contributed by atoms with E-state index in [1.165, 1.54) is 13.0 Å². The summed E-state index contributed by atoms with van der Waals surface area (Å²) in [5.41, 5.74) is 7.84. The molecular weight excluding hydrogens is 265 g/mol. The number of nitrogens with two attached hydrogens (primary N) is 1. The highest BCUT2D eigenvalue weighted by atomic mass is 19.4. The maximum absolute atomic E-state index is 12.8. The van der Waals surface area contributed by atoms with Gasteiger partial charge in [-0.1, -0.05) is 6.07 Å². The van der Waals surface area contributed by atoms with Gasteiger partial charge in [-0.25, -0.2) is 0 Å². The summed E-state index contributed by atoms with van der Waals surface area (Å²) in [6.45, 7) is 3.31. The molecule has 2 aromatic carbocycles. The van der Waals surface area contributed by atoms with Gasteiger partial charge in [0.25, 0.3) is 0 Å². The first-order chi connectivity index (χ1) is 9.25. The Labute approximate surface area is 115 Å². The lowest BCUT2D eigenvalue weighted by Crippen LogP contribution is -2.08. The maximum Gasteiger partial charge on any atom is 0.416 e. The molecule has 5 heteroatoms. The first-order valence-corrected chi connectivity index (χ1v) is 6.08. The fourth-order valence-corrected chi connectivity index (χ4v) is 2.06. The van der Waals surface area contributed by atoms with Gasteiger partial charge in [0, 0.05) is 17.1 Å². The van der Waals surface area contributed by atoms with E-state index in [2.05, 4.69) is 5.32 Å². The van der Waals surface area contributed by atoms with Crippen LogP contribution in [-0.2, 0) is 6.18 Å². The van der Waals surface area contributed by atoms with E-state index in [1.54, 1.807) is 18.2 Å². The number of rotatable bonds is 2. The summed E-state index contributed by atoms with van der Waals surface area (Å²) in [6.07, 6.45) is -4.35. The maximum atomic E-state index is 12.8. The van der Waals surface area contributed by atoms with Crippen LogP contribution in [-0.4, -0.2) is 0 Å². The zero-order chi connectivity index (χ0) is 14.9. The number of anilines is 3. The number of nitrogen functional groups attached to an aromatic ring is 1. The highest BCUT2D eigenvalue weighted by Crippen LogP contribution is 2.34. The summed E-state index contributed by atoms with van der Waals surface area (Å²) in [4.78, 5) is 0. The van der Waals surface area contributed by atoms with Crippen LogP contribution in [0.1, 0.15) is 16.7 Å². The van der Waals surface area contributed by atoms with Crippen LogP contribution in [0.15, 0.2) is 36.4 Å². The first kappa shape index (κ1) is 14.2. The fourth-order valence-electron chi connectivity index (χ4n) is 2.06. The van der Waals surface area contributed by atoms with Gasteiger partial charge in [-0.05, 0) is 55.3 Å². The van der Waals surface area contributed by atoms with Crippen molar-refractivity contribution >= 4 is 17.1 Å². The lowest BCUT2D eigenvalue weighted by Gasteiger charge is -2.14. The molecule has 0 bridgehead atoms. The fraction of sp³-hybridized carbons (Fsp3) is 0.200. The second kappa shape index (κ2) is 5.07. The molecule has 0 aliphatic carbocycles. The minimum absolute atomic E-state index is 0.201. The van der Waals surface area contributed by atoms with Crippen molar-refractivity contribution in [1.29, 1.82) is 0 Å². The molecule has 3 N–H and O–H groups in total. The van der Waals surface area contributed by atoms with Crippen LogP contribution >= 0.6 is 0 Å². The van der Waals surface area contributed by atoms with Gasteiger partial charge in [0.2, 0.25) is 0 Å². The standard InChI is InChI=1S/C15H15F3N2/c1-9-5-11(19)7-13(6-9)20-12-4-3-10(2)14(8-12)15(16,17)18/h3-8,20H,19H2,1-2H3. The predicted molar refractivity (Wildman–Crippen MR) is 75.1 cm³/mol. The summed E-state index contributed by atoms with van der Waals surface area (Å²) in [5.74, 6) is 0. The smallest absolute Gasteiger partial charge is 0.399 e. The highest BCUT2D eigenvalue weighted by molar-refractivity contribution is 5.65. The third-order valence-electron chi connectivity index (χ3n) is 2.93. The Morgan fingerprint density at radius 1 is 0.950 bits per heavy atom. The van der Waals surface area contributed by atoms with E-state index >= 15 is 0 Å². The highest BCUT2D eigenvalue weighted by Gasteiger charge is 2.32. The van der Waals surface area contributed by atoms with Crippen molar-refractivity contribution in [3.05, 3.63) is 53.1 Å². The minimum atomic E-state index is -4.35. The molecule has 20 heavy (non-hydrogen) atoms. The van der Waals surface area contributed by atoms with E-state index in [0.717, 1.165) is 11.6 Å². The van der Waals surface area contributed by atoms with Crippen molar-refractivity contribution < 1.29 is 13.2 Å². The van der Waals surface area contributed by atoms with Crippen molar-refractivity contribution in [2.45, 2.75) is 20.0 Å². The van der Waals surface area contributed by atoms with Crippen LogP contribution in [0.2, 0.25) is 0 Å². The molecule has 0 atom stereocenters. The third-order valence-corrected chi connectivity index (χ3v) is 2.93. The number of halogens is 3. The van der Waals surface area contributed by atoms with E-state index in [-0.39, 0.29) is 5.56 Å². The molecule has 0 saturated carbocycles. The molecule has 2 aromatic rings. The minimum Gasteiger partial charge on any atom is -0.399 e. The average Bonchev–Trinajstić information content (AvgIpc) is 2.29. The lowest BCUT2D eigenvalue weighted by molar-refractivity contribution is -0.138. The summed E-state index contributed by atoms with van der Waals surface area (Å²) < 4.78 is 38.5. The zero-order valence-electron chi connectivity index (χ0n) is 11.2. The van der Waals surface area contributed by atoms with Gasteiger partial charge < -0.3 is 11.1 Å². The Hall–Kier alpha value is -2.17. The average molecular weight is 280 g/mol. The van der Waals surface area contributed by atoms with Gasteiger partial charge in [0.15, 0.2) is 0 Å². The Balaban J connectivity index is 2.35. The van der Waals surface area contributed by atoms with Crippen LogP contribution in [0.4, 0.5) is 30.2 Å². The quantitative estimate of drug-likeness (QED) is 0.786. The van der Waals surface area contributed by atoms with E-state index < -0.39 is 11.7 Å². The second-order valence-electron chi connectivity index (χ2n) is 4.78. The van der Waals surface area contributed by atoms with Crippen molar-refractivity contribution in [2.24, 2.45) is 0 Å². The number of benzene rings is 2. The second-order valence-corrected chi connectivity index (χ2v) is 4.78. The van der Waals surface area contributed by atoms with Crippen LogP contribution in [0.25, 0.3) is 0 Å². The number of hydrogen-bond acceptors (Lipinski definition) is 2. The Bertz CT molecular complexity index is 613. The van der Waals surface area contributed by atoms with Crippen molar-refractivity contribution in [2.75, 3.05) is 11.1 Å². The predicted octanol–water partition coefficient (Wildman–Crippen LogP) is 4.65. The summed E-state index contributed by atoms with van der Waals surface area (Å²) in [6, 6.07) is 9.46. The SMILES string of the molecule is Cc1cc(N)cc(Nc2ccc(C)c(C(F)(F)F)c2)c1. The Kier molecular flexibility index (Phi) is 3.61. The summed E-state index contributed by atoms with van der Waals surface area (Å²) >= 11 is 0. The van der Waals surface area contributed by atoms with E-state index in [4.69, 9.17) is 5.73 Å². The molecule has 0 spiro atoms. The van der Waals surface area contributed by atoms with Gasteiger partial charge in [-0.3, -0.25) is 0 Å². The van der Waals surface area contributed by atoms with Gasteiger partial charge in [-0.15, -0.1) is 0 Å². The molecular formula is C15H15F3N2. The van der Waals surface area contributed by atoms with E-state index in [0.29, 0.717) is 17.1 Å². The van der Waals surface area contributed by atoms with E-state index in [9.17, 15) is 13.2 Å². The molecule has 106 valence electrons. The first-order valence-electron chi connectivity index (χ1n) is 6.08. The van der Waals surface area contributed by atoms with Gasteiger partial charge in [0.1, 0.15) is 0 Å². The topological polar surface area (TPSA) is 38.0 Å². The third kappa shape index (κ3) is 3.23. The Morgan fingerprint density at radius 2 is 1.65 bits per heavy atom. The number of hydrogen-bond donors (Lipinski definition) is 2. The van der Waals surface area contributed by atoms with Crippen LogP contribution in [0, 0.1) is 13.8 Å². The largest absolute Gasteiger partial charge is 0.416 e. The van der Waals surface area contributed by atoms with Gasteiger partial charge in [0.05, 0.1) is 5.56 Å². The van der Waals surface area contributed by atoms with Crippen LogP contribution in [0.5, 0.6) is 0 Å². The number of alkyl halides is 3. The summed E-state index contributed by atoms with van der Waals surface area (Å²) in [7, 11) is 0. The van der Waals surface area contributed by atoms with Crippen molar-refractivity contribution in [3.8, 4) is 0 Å². The van der Waals surface area contributed by atoms with Crippen LogP contribution < -0.4 is 11.1 Å². The van der Waals surface area contributed by atoms with Crippen LogP contribution in [0.3, 0.4) is 0 Å². The summed E-state index contributed by atoms with van der Waals surface area (Å²) in [5, 5.41) is 2.95. The molecule has 0 aromatic heterocycles. The monoisotopic (exact) mass is 280 g/mol. The molecule has 2 rings (SSSR count). The molecule has 0 amide bonds. The molecule has 0 aliphatic heterocycles. The van der Waals surface area contributed by atoms with Gasteiger partial charge >= 0.3 is 6.18 Å². The molecule has 0 radical (unpaired) electrons. The normalized spacial score (nSPS) is 11.4. The molecule has 0 heterocycles.